The number of rotatable bonds is 10. The molecule has 1 rings (SSSR count). The van der Waals surface area contributed by atoms with Crippen molar-refractivity contribution in [3.63, 3.8) is 0 Å². The number of benzene rings is 1. The minimum absolute atomic E-state index is 0.208. The van der Waals surface area contributed by atoms with E-state index in [1.165, 1.54) is 0 Å². The van der Waals surface area contributed by atoms with Crippen molar-refractivity contribution < 1.29 is 9.53 Å². The van der Waals surface area contributed by atoms with Gasteiger partial charge in [-0.3, -0.25) is 4.79 Å². The van der Waals surface area contributed by atoms with Gasteiger partial charge < -0.3 is 4.74 Å². The molecule has 0 N–H and O–H groups in total. The van der Waals surface area contributed by atoms with Gasteiger partial charge >= 0.3 is 5.97 Å². The Morgan fingerprint density at radius 3 is 2.07 bits per heavy atom. The van der Waals surface area contributed by atoms with E-state index in [1.807, 2.05) is 37.3 Å². The van der Waals surface area contributed by atoms with Gasteiger partial charge in [0, 0.05) is 5.88 Å². The van der Waals surface area contributed by atoms with Gasteiger partial charge in [0.05, 0.1) is 0 Å². The molecule has 0 fully saturated rings. The highest BCUT2D eigenvalue weighted by Gasteiger charge is 2.43. The molecular weight excluding hydrogens is 396 g/mol. The third-order valence-corrected chi connectivity index (χ3v) is 12.9. The molecule has 1 atom stereocenters. The Balaban J connectivity index is 3.29. The lowest BCUT2D eigenvalue weighted by molar-refractivity contribution is -0.154. The maximum absolute atomic E-state index is 13.2. The number of carbonyl (C=O) groups is 1. The van der Waals surface area contributed by atoms with Crippen molar-refractivity contribution in [2.24, 2.45) is 5.41 Å². The monoisotopic (exact) mass is 434 g/mol. The molecule has 1 unspecified atom stereocenters. The zero-order valence-corrected chi connectivity index (χ0v) is 21.1. The van der Waals surface area contributed by atoms with Gasteiger partial charge in [0.1, 0.15) is 20.1 Å². The summed E-state index contributed by atoms with van der Waals surface area (Å²) in [6.07, 6.45) is 2.04. The molecular formula is C25H39ClO2Si. The predicted molar refractivity (Wildman–Crippen MR) is 128 cm³/mol. The highest BCUT2D eigenvalue weighted by atomic mass is 35.5. The summed E-state index contributed by atoms with van der Waals surface area (Å²) in [7, 11) is -1.93. The van der Waals surface area contributed by atoms with E-state index in [2.05, 4.69) is 53.0 Å². The maximum Gasteiger partial charge on any atom is 0.324 e. The summed E-state index contributed by atoms with van der Waals surface area (Å²) < 4.78 is 5.76. The minimum atomic E-state index is -1.93. The van der Waals surface area contributed by atoms with Gasteiger partial charge in [0.15, 0.2) is 0 Å². The second-order valence-corrected chi connectivity index (χ2v) is 14.9. The van der Waals surface area contributed by atoms with Crippen LogP contribution in [0.25, 0.3) is 0 Å². The third-order valence-electron chi connectivity index (χ3n) is 6.33. The third kappa shape index (κ3) is 6.37. The van der Waals surface area contributed by atoms with Crippen molar-refractivity contribution in [2.45, 2.75) is 91.0 Å². The van der Waals surface area contributed by atoms with E-state index in [0.29, 0.717) is 35.3 Å². The van der Waals surface area contributed by atoms with Crippen LogP contribution in [0, 0.1) is 16.9 Å². The Kier molecular flexibility index (Phi) is 10.5. The lowest BCUT2D eigenvalue weighted by atomic mass is 9.81. The van der Waals surface area contributed by atoms with Crippen molar-refractivity contribution in [1.29, 1.82) is 0 Å². The number of alkyl halides is 1. The van der Waals surface area contributed by atoms with Crippen LogP contribution in [0.2, 0.25) is 16.6 Å². The first-order valence-corrected chi connectivity index (χ1v) is 13.7. The zero-order valence-electron chi connectivity index (χ0n) is 19.3. The van der Waals surface area contributed by atoms with Gasteiger partial charge in [-0.15, -0.1) is 17.1 Å². The Labute approximate surface area is 184 Å². The summed E-state index contributed by atoms with van der Waals surface area (Å²) in [5, 5.41) is 0. The number of ether oxygens (including phenoxy) is 1. The van der Waals surface area contributed by atoms with Crippen molar-refractivity contribution in [1.82, 2.24) is 0 Å². The fraction of sp³-hybridized carbons (Fsp3) is 0.640. The Morgan fingerprint density at radius 1 is 1.07 bits per heavy atom. The summed E-state index contributed by atoms with van der Waals surface area (Å²) in [6, 6.07) is 9.82. The van der Waals surface area contributed by atoms with E-state index >= 15 is 0 Å². The van der Waals surface area contributed by atoms with E-state index in [-0.39, 0.29) is 12.6 Å². The molecule has 0 spiro atoms. The van der Waals surface area contributed by atoms with Gasteiger partial charge in [-0.05, 0) is 41.4 Å². The Morgan fingerprint density at radius 2 is 1.62 bits per heavy atom. The molecule has 0 amide bonds. The van der Waals surface area contributed by atoms with Crippen LogP contribution in [0.4, 0.5) is 0 Å². The number of carbonyl (C=O) groups excluding carboxylic acids is 1. The van der Waals surface area contributed by atoms with Crippen molar-refractivity contribution >= 4 is 25.6 Å². The first-order chi connectivity index (χ1) is 13.7. The minimum Gasteiger partial charge on any atom is -0.460 e. The zero-order chi connectivity index (χ0) is 22.1. The standard InChI is InChI=1S/C25H39ClO2Si/c1-8-25(15-12-17-26,24(27)28-19-23-13-10-9-11-14-23)16-18-29(20(2)3,21(4)5)22(6)7/h9-11,13-14,20-22H,8,12,15,17,19H2,1-7H3. The number of halogens is 1. The molecule has 0 saturated heterocycles. The van der Waals surface area contributed by atoms with Crippen LogP contribution in [0.1, 0.15) is 73.3 Å². The molecule has 4 heteroatoms. The first kappa shape index (κ1) is 25.8. The van der Waals surface area contributed by atoms with Crippen LogP contribution in [-0.4, -0.2) is 19.9 Å². The maximum atomic E-state index is 13.2. The molecule has 1 aromatic rings. The lowest BCUT2D eigenvalue weighted by Crippen LogP contribution is -2.44. The van der Waals surface area contributed by atoms with Crippen molar-refractivity contribution in [3.05, 3.63) is 35.9 Å². The van der Waals surface area contributed by atoms with Crippen LogP contribution in [0.15, 0.2) is 30.3 Å². The molecule has 0 aromatic heterocycles. The summed E-state index contributed by atoms with van der Waals surface area (Å²) >= 11 is 5.99. The van der Waals surface area contributed by atoms with Gasteiger partial charge in [0.25, 0.3) is 0 Å². The molecule has 0 aliphatic heterocycles. The first-order valence-electron chi connectivity index (χ1n) is 11.0. The normalized spacial score (nSPS) is 13.9. The molecule has 0 saturated carbocycles. The van der Waals surface area contributed by atoms with E-state index in [4.69, 9.17) is 16.3 Å². The molecule has 0 radical (unpaired) electrons. The molecule has 162 valence electrons. The summed E-state index contributed by atoms with van der Waals surface area (Å²) in [5.74, 6) is 3.83. The molecule has 0 aliphatic rings. The smallest absolute Gasteiger partial charge is 0.324 e. The fourth-order valence-corrected chi connectivity index (χ4v) is 9.97. The largest absolute Gasteiger partial charge is 0.460 e. The number of hydrogen-bond donors (Lipinski definition) is 0. The summed E-state index contributed by atoms with van der Waals surface area (Å²) in [4.78, 5) is 13.2. The molecule has 1 aromatic carbocycles. The number of esters is 1. The van der Waals surface area contributed by atoms with Gasteiger partial charge in [-0.25, -0.2) is 0 Å². The second-order valence-electron chi connectivity index (χ2n) is 8.94. The van der Waals surface area contributed by atoms with Crippen LogP contribution in [-0.2, 0) is 16.1 Å². The summed E-state index contributed by atoms with van der Waals surface area (Å²) in [5.41, 5.74) is 5.55. The van der Waals surface area contributed by atoms with E-state index < -0.39 is 13.5 Å². The molecule has 29 heavy (non-hydrogen) atoms. The summed E-state index contributed by atoms with van der Waals surface area (Å²) in [6.45, 7) is 16.1. The van der Waals surface area contributed by atoms with Crippen molar-refractivity contribution in [2.75, 3.05) is 5.88 Å². The van der Waals surface area contributed by atoms with Gasteiger partial charge in [-0.1, -0.05) is 84.7 Å². The quantitative estimate of drug-likeness (QED) is 0.166. The molecule has 2 nitrogen and oxygen atoms in total. The molecule has 0 bridgehead atoms. The highest BCUT2D eigenvalue weighted by Crippen LogP contribution is 2.41. The van der Waals surface area contributed by atoms with Crippen LogP contribution < -0.4 is 0 Å². The highest BCUT2D eigenvalue weighted by molar-refractivity contribution is 6.90. The van der Waals surface area contributed by atoms with Crippen LogP contribution >= 0.6 is 11.6 Å². The predicted octanol–water partition coefficient (Wildman–Crippen LogP) is 7.37. The topological polar surface area (TPSA) is 26.3 Å². The van der Waals surface area contributed by atoms with E-state index in [1.54, 1.807) is 0 Å². The Bertz CT molecular complexity index is 666. The number of hydrogen-bond acceptors (Lipinski definition) is 2. The SMILES string of the molecule is CCC(C#C[Si](C(C)C)(C(C)C)C(C)C)(CCCCl)C(=O)OCc1ccccc1. The average Bonchev–Trinajstić information content (AvgIpc) is 2.69. The van der Waals surface area contributed by atoms with Gasteiger partial charge in [0.2, 0.25) is 0 Å². The van der Waals surface area contributed by atoms with Crippen LogP contribution in [0.3, 0.4) is 0 Å². The van der Waals surface area contributed by atoms with Crippen LogP contribution in [0.5, 0.6) is 0 Å². The second kappa shape index (κ2) is 11.8. The Hall–Kier alpha value is -1.24. The molecule has 0 aliphatic carbocycles. The molecule has 0 heterocycles. The van der Waals surface area contributed by atoms with Gasteiger partial charge in [-0.2, -0.15) is 0 Å². The fourth-order valence-electron chi connectivity index (χ4n) is 4.52. The van der Waals surface area contributed by atoms with E-state index in [0.717, 1.165) is 12.0 Å². The lowest BCUT2D eigenvalue weighted by Gasteiger charge is -2.38. The van der Waals surface area contributed by atoms with Crippen molar-refractivity contribution in [3.8, 4) is 11.5 Å². The van der Waals surface area contributed by atoms with E-state index in [9.17, 15) is 4.79 Å². The average molecular weight is 435 g/mol.